The molecule has 7 heteroatoms. The fourth-order valence-electron chi connectivity index (χ4n) is 3.93. The first-order chi connectivity index (χ1) is 17.6. The van der Waals surface area contributed by atoms with E-state index in [2.05, 4.69) is 21.2 Å². The summed E-state index contributed by atoms with van der Waals surface area (Å²) < 4.78 is 0.940. The van der Waals surface area contributed by atoms with Gasteiger partial charge in [0, 0.05) is 39.3 Å². The summed E-state index contributed by atoms with van der Waals surface area (Å²) in [6.45, 7) is 6.23. The third kappa shape index (κ3) is 10.2. The summed E-state index contributed by atoms with van der Waals surface area (Å²) in [5, 5.41) is 3.82. The number of amides is 2. The average Bonchev–Trinajstić information content (AvgIpc) is 2.84. The lowest BCUT2D eigenvalue weighted by molar-refractivity contribution is -0.142. The molecule has 4 nitrogen and oxygen atoms in total. The van der Waals surface area contributed by atoms with Gasteiger partial charge in [0.15, 0.2) is 0 Å². The lowest BCUT2D eigenvalue weighted by atomic mass is 10.00. The Kier molecular flexibility index (Phi) is 11.1. The molecule has 0 bridgehead atoms. The highest BCUT2D eigenvalue weighted by Gasteiger charge is 2.32. The first-order valence-corrected chi connectivity index (χ1v) is 14.5. The Balaban J connectivity index is 1.81. The SMILES string of the molecule is CC(C)(C)NC(=O)[C@H](Cc1ccccc1)N(Cc1cccc(Br)c1)C(=O)CCCSc1ccc(Cl)cc1. The molecule has 3 rings (SSSR count). The Morgan fingerprint density at radius 2 is 1.65 bits per heavy atom. The van der Waals surface area contributed by atoms with E-state index in [0.29, 0.717) is 30.8 Å². The largest absolute Gasteiger partial charge is 0.350 e. The zero-order valence-corrected chi connectivity index (χ0v) is 24.7. The Bertz CT molecular complexity index is 1170. The highest BCUT2D eigenvalue weighted by molar-refractivity contribution is 9.10. The van der Waals surface area contributed by atoms with Crippen molar-refractivity contribution in [3.63, 3.8) is 0 Å². The predicted molar refractivity (Wildman–Crippen MR) is 158 cm³/mol. The van der Waals surface area contributed by atoms with Gasteiger partial charge >= 0.3 is 0 Å². The minimum absolute atomic E-state index is 0.0262. The standard InChI is InChI=1S/C30H34BrClN2O2S/c1-30(2,3)33-29(36)27(20-22-9-5-4-6-10-22)34(21-23-11-7-12-24(31)19-23)28(35)13-8-18-37-26-16-14-25(32)15-17-26/h4-7,9-12,14-17,19,27H,8,13,18,20-21H2,1-3H3,(H,33,36)/t27-/m0/s1. The predicted octanol–water partition coefficient (Wildman–Crippen LogP) is 7.53. The number of nitrogens with zero attached hydrogens (tertiary/aromatic N) is 1. The molecule has 0 saturated heterocycles. The smallest absolute Gasteiger partial charge is 0.243 e. The van der Waals surface area contributed by atoms with Gasteiger partial charge in [-0.05, 0) is 80.5 Å². The van der Waals surface area contributed by atoms with Gasteiger partial charge < -0.3 is 10.2 Å². The molecule has 0 spiro atoms. The van der Waals surface area contributed by atoms with Crippen LogP contribution in [0.15, 0.2) is 88.2 Å². The van der Waals surface area contributed by atoms with Gasteiger partial charge in [-0.3, -0.25) is 9.59 Å². The third-order valence-electron chi connectivity index (χ3n) is 5.63. The van der Waals surface area contributed by atoms with Crippen LogP contribution >= 0.6 is 39.3 Å². The number of thioether (sulfide) groups is 1. The molecular formula is C30H34BrClN2O2S. The Labute approximate surface area is 238 Å². The molecule has 0 saturated carbocycles. The second kappa shape index (κ2) is 14.0. The fourth-order valence-corrected chi connectivity index (χ4v) is 5.35. The molecule has 0 aliphatic carbocycles. The molecule has 0 aliphatic heterocycles. The van der Waals surface area contributed by atoms with Gasteiger partial charge in [0.05, 0.1) is 0 Å². The molecule has 0 aliphatic rings. The van der Waals surface area contributed by atoms with Crippen LogP contribution in [0.4, 0.5) is 0 Å². The molecule has 1 N–H and O–H groups in total. The van der Waals surface area contributed by atoms with E-state index in [1.165, 1.54) is 0 Å². The number of hydrogen-bond donors (Lipinski definition) is 1. The molecule has 1 atom stereocenters. The van der Waals surface area contributed by atoms with Crippen molar-refractivity contribution in [1.29, 1.82) is 0 Å². The maximum Gasteiger partial charge on any atom is 0.243 e. The highest BCUT2D eigenvalue weighted by Crippen LogP contribution is 2.23. The highest BCUT2D eigenvalue weighted by atomic mass is 79.9. The summed E-state index contributed by atoms with van der Waals surface area (Å²) in [5.41, 5.74) is 1.58. The molecule has 0 unspecified atom stereocenters. The monoisotopic (exact) mass is 600 g/mol. The van der Waals surface area contributed by atoms with Crippen molar-refractivity contribution < 1.29 is 9.59 Å². The van der Waals surface area contributed by atoms with Crippen molar-refractivity contribution in [2.75, 3.05) is 5.75 Å². The molecule has 0 radical (unpaired) electrons. The molecule has 3 aromatic rings. The van der Waals surface area contributed by atoms with E-state index >= 15 is 0 Å². The number of benzene rings is 3. The zero-order valence-electron chi connectivity index (χ0n) is 21.5. The van der Waals surface area contributed by atoms with E-state index in [1.54, 1.807) is 16.7 Å². The van der Waals surface area contributed by atoms with Gasteiger partial charge in [0.2, 0.25) is 11.8 Å². The number of halogens is 2. The first-order valence-electron chi connectivity index (χ1n) is 12.4. The Hall–Kier alpha value is -2.28. The van der Waals surface area contributed by atoms with E-state index < -0.39 is 11.6 Å². The lowest BCUT2D eigenvalue weighted by Crippen LogP contribution is -2.54. The van der Waals surface area contributed by atoms with E-state index in [0.717, 1.165) is 26.2 Å². The molecule has 0 aromatic heterocycles. The van der Waals surface area contributed by atoms with Crippen LogP contribution in [-0.2, 0) is 22.6 Å². The molecule has 37 heavy (non-hydrogen) atoms. The number of carbonyl (C=O) groups is 2. The van der Waals surface area contributed by atoms with Crippen LogP contribution in [-0.4, -0.2) is 34.0 Å². The van der Waals surface area contributed by atoms with Gasteiger partial charge in [-0.2, -0.15) is 0 Å². The Morgan fingerprint density at radius 1 is 0.973 bits per heavy atom. The molecule has 196 valence electrons. The minimum atomic E-state index is -0.628. The first kappa shape index (κ1) is 29.3. The Morgan fingerprint density at radius 3 is 2.30 bits per heavy atom. The van der Waals surface area contributed by atoms with Crippen LogP contribution in [0.1, 0.15) is 44.7 Å². The van der Waals surface area contributed by atoms with Gasteiger partial charge in [-0.1, -0.05) is 70.0 Å². The molecule has 0 fully saturated rings. The molecule has 3 aromatic carbocycles. The second-order valence-corrected chi connectivity index (χ2v) is 12.5. The van der Waals surface area contributed by atoms with Gasteiger partial charge in [0.25, 0.3) is 0 Å². The van der Waals surface area contributed by atoms with Crippen LogP contribution in [0.5, 0.6) is 0 Å². The van der Waals surface area contributed by atoms with Crippen molar-refractivity contribution >= 4 is 51.1 Å². The maximum atomic E-state index is 13.7. The van der Waals surface area contributed by atoms with Crippen molar-refractivity contribution in [2.45, 2.75) is 63.1 Å². The van der Waals surface area contributed by atoms with E-state index in [9.17, 15) is 9.59 Å². The number of hydrogen-bond acceptors (Lipinski definition) is 3. The average molecular weight is 602 g/mol. The van der Waals surface area contributed by atoms with Gasteiger partial charge in [-0.25, -0.2) is 0 Å². The topological polar surface area (TPSA) is 49.4 Å². The molecule has 2 amide bonds. The summed E-state index contributed by atoms with van der Waals surface area (Å²) >= 11 is 11.2. The third-order valence-corrected chi connectivity index (χ3v) is 7.47. The van der Waals surface area contributed by atoms with Crippen LogP contribution in [0.3, 0.4) is 0 Å². The lowest BCUT2D eigenvalue weighted by Gasteiger charge is -2.34. The van der Waals surface area contributed by atoms with E-state index in [-0.39, 0.29) is 11.8 Å². The summed E-state index contributed by atoms with van der Waals surface area (Å²) in [7, 11) is 0. The van der Waals surface area contributed by atoms with Gasteiger partial charge in [-0.15, -0.1) is 11.8 Å². The van der Waals surface area contributed by atoms with Crippen LogP contribution < -0.4 is 5.32 Å². The zero-order chi connectivity index (χ0) is 26.8. The second-order valence-electron chi connectivity index (χ2n) is 10.0. The van der Waals surface area contributed by atoms with Crippen molar-refractivity contribution in [3.05, 3.63) is 99.5 Å². The van der Waals surface area contributed by atoms with Crippen LogP contribution in [0.25, 0.3) is 0 Å². The quantitative estimate of drug-likeness (QED) is 0.183. The molecule has 0 heterocycles. The number of rotatable bonds is 11. The van der Waals surface area contributed by atoms with Crippen molar-refractivity contribution in [1.82, 2.24) is 10.2 Å². The summed E-state index contributed by atoms with van der Waals surface area (Å²) in [6, 6.07) is 24.9. The summed E-state index contributed by atoms with van der Waals surface area (Å²) in [6.07, 6.45) is 1.52. The van der Waals surface area contributed by atoms with Crippen LogP contribution in [0, 0.1) is 0 Å². The van der Waals surface area contributed by atoms with Crippen molar-refractivity contribution in [2.24, 2.45) is 0 Å². The summed E-state index contributed by atoms with van der Waals surface area (Å²) in [4.78, 5) is 30.1. The van der Waals surface area contributed by atoms with Crippen molar-refractivity contribution in [3.8, 4) is 0 Å². The van der Waals surface area contributed by atoms with Gasteiger partial charge in [0.1, 0.15) is 6.04 Å². The molecular weight excluding hydrogens is 568 g/mol. The number of carbonyl (C=O) groups excluding carboxylic acids is 2. The fraction of sp³-hybridized carbons (Fsp3) is 0.333. The maximum absolute atomic E-state index is 13.7. The summed E-state index contributed by atoms with van der Waals surface area (Å²) in [5.74, 6) is 0.632. The van der Waals surface area contributed by atoms with E-state index in [4.69, 9.17) is 11.6 Å². The van der Waals surface area contributed by atoms with E-state index in [1.807, 2.05) is 99.6 Å². The normalized spacial score (nSPS) is 12.1. The number of nitrogens with one attached hydrogen (secondary N) is 1. The van der Waals surface area contributed by atoms with Crippen LogP contribution in [0.2, 0.25) is 5.02 Å². The minimum Gasteiger partial charge on any atom is -0.350 e.